The fraction of sp³-hybridized carbons (Fsp3) is 0.125. The standard InChI is InChI=1S/C24H21N3S/c1-4-10-19(11-5-1)16-26-17-27-23(21-14-8-3-9-15-21)22(25-24(27)28-18-26)20-12-6-2-7-13-20/h1-15H,16-18H2. The van der Waals surface area contributed by atoms with Crippen molar-refractivity contribution < 1.29 is 0 Å². The summed E-state index contributed by atoms with van der Waals surface area (Å²) in [6, 6.07) is 31.8. The second-order valence-corrected chi connectivity index (χ2v) is 7.89. The summed E-state index contributed by atoms with van der Waals surface area (Å²) >= 11 is 1.82. The highest BCUT2D eigenvalue weighted by Crippen LogP contribution is 2.38. The lowest BCUT2D eigenvalue weighted by Gasteiger charge is -2.28. The van der Waals surface area contributed by atoms with Crippen LogP contribution in [0.4, 0.5) is 0 Å². The van der Waals surface area contributed by atoms with E-state index in [2.05, 4.69) is 100 Å². The smallest absolute Gasteiger partial charge is 0.171 e. The van der Waals surface area contributed by atoms with E-state index < -0.39 is 0 Å². The summed E-state index contributed by atoms with van der Waals surface area (Å²) in [4.78, 5) is 7.51. The van der Waals surface area contributed by atoms with Gasteiger partial charge in [-0.15, -0.1) is 0 Å². The van der Waals surface area contributed by atoms with Crippen LogP contribution in [0.3, 0.4) is 0 Å². The molecule has 4 heteroatoms. The lowest BCUT2D eigenvalue weighted by molar-refractivity contribution is 0.231. The van der Waals surface area contributed by atoms with Crippen molar-refractivity contribution in [2.45, 2.75) is 18.4 Å². The predicted octanol–water partition coefficient (Wildman–Crippen LogP) is 5.74. The first-order valence-corrected chi connectivity index (χ1v) is 10.5. The maximum atomic E-state index is 5.04. The number of aromatic nitrogens is 2. The molecule has 0 unspecified atom stereocenters. The molecular formula is C24H21N3S. The van der Waals surface area contributed by atoms with Crippen LogP contribution in [0.5, 0.6) is 0 Å². The number of fused-ring (bicyclic) bond motifs is 1. The lowest BCUT2D eigenvalue weighted by Crippen LogP contribution is -2.30. The lowest BCUT2D eigenvalue weighted by atomic mass is 10.0. The van der Waals surface area contributed by atoms with Crippen molar-refractivity contribution in [3.05, 3.63) is 96.6 Å². The van der Waals surface area contributed by atoms with Crippen LogP contribution in [0, 0.1) is 0 Å². The first-order valence-electron chi connectivity index (χ1n) is 9.49. The quantitative estimate of drug-likeness (QED) is 0.448. The van der Waals surface area contributed by atoms with Gasteiger partial charge in [0.05, 0.1) is 23.9 Å². The zero-order valence-corrected chi connectivity index (χ0v) is 16.3. The molecule has 1 aliphatic heterocycles. The van der Waals surface area contributed by atoms with Crippen LogP contribution in [0.1, 0.15) is 5.56 Å². The molecule has 0 amide bonds. The molecule has 0 aliphatic carbocycles. The van der Waals surface area contributed by atoms with E-state index in [4.69, 9.17) is 4.98 Å². The van der Waals surface area contributed by atoms with E-state index in [1.165, 1.54) is 22.4 Å². The number of hydrogen-bond acceptors (Lipinski definition) is 3. The van der Waals surface area contributed by atoms with E-state index in [0.29, 0.717) is 0 Å². The summed E-state index contributed by atoms with van der Waals surface area (Å²) < 4.78 is 2.37. The Kier molecular flexibility index (Phi) is 4.73. The number of thioether (sulfide) groups is 1. The van der Waals surface area contributed by atoms with Gasteiger partial charge in [0, 0.05) is 17.7 Å². The Morgan fingerprint density at radius 1 is 0.750 bits per heavy atom. The molecule has 3 nitrogen and oxygen atoms in total. The van der Waals surface area contributed by atoms with Crippen LogP contribution in [-0.4, -0.2) is 20.3 Å². The summed E-state index contributed by atoms with van der Waals surface area (Å²) in [5.41, 5.74) is 5.99. The largest absolute Gasteiger partial charge is 0.305 e. The Balaban J connectivity index is 1.56. The molecule has 0 saturated carbocycles. The summed E-state index contributed by atoms with van der Waals surface area (Å²) in [5, 5.41) is 1.10. The van der Waals surface area contributed by atoms with Gasteiger partial charge < -0.3 is 4.57 Å². The average Bonchev–Trinajstić information content (AvgIpc) is 3.14. The molecular weight excluding hydrogens is 362 g/mol. The summed E-state index contributed by atoms with van der Waals surface area (Å²) in [7, 11) is 0. The van der Waals surface area contributed by atoms with Gasteiger partial charge in [-0.25, -0.2) is 4.98 Å². The van der Waals surface area contributed by atoms with E-state index in [-0.39, 0.29) is 0 Å². The second kappa shape index (κ2) is 7.66. The van der Waals surface area contributed by atoms with E-state index in [9.17, 15) is 0 Å². The average molecular weight is 384 g/mol. The van der Waals surface area contributed by atoms with Gasteiger partial charge >= 0.3 is 0 Å². The minimum atomic E-state index is 0.849. The third-order valence-corrected chi connectivity index (χ3v) is 6.06. The predicted molar refractivity (Wildman–Crippen MR) is 116 cm³/mol. The van der Waals surface area contributed by atoms with Crippen LogP contribution in [0.2, 0.25) is 0 Å². The van der Waals surface area contributed by atoms with Crippen molar-refractivity contribution in [2.75, 3.05) is 5.88 Å². The van der Waals surface area contributed by atoms with E-state index in [1.54, 1.807) is 0 Å². The Hall–Kier alpha value is -2.82. The van der Waals surface area contributed by atoms with Crippen LogP contribution in [0.25, 0.3) is 22.5 Å². The van der Waals surface area contributed by atoms with Crippen molar-refractivity contribution in [3.8, 4) is 22.5 Å². The highest BCUT2D eigenvalue weighted by atomic mass is 32.2. The molecule has 0 bridgehead atoms. The molecule has 3 aromatic carbocycles. The normalized spacial score (nSPS) is 14.0. The van der Waals surface area contributed by atoms with Gasteiger partial charge in [0.1, 0.15) is 0 Å². The highest BCUT2D eigenvalue weighted by molar-refractivity contribution is 7.99. The van der Waals surface area contributed by atoms with Crippen molar-refractivity contribution in [2.24, 2.45) is 0 Å². The fourth-order valence-electron chi connectivity index (χ4n) is 3.69. The van der Waals surface area contributed by atoms with Gasteiger partial charge in [0.15, 0.2) is 5.16 Å². The molecule has 0 radical (unpaired) electrons. The SMILES string of the molecule is c1ccc(CN2CSc3nc(-c4ccccc4)c(-c4ccccc4)n3C2)cc1. The fourth-order valence-corrected chi connectivity index (χ4v) is 4.62. The third kappa shape index (κ3) is 3.37. The van der Waals surface area contributed by atoms with E-state index >= 15 is 0 Å². The molecule has 28 heavy (non-hydrogen) atoms. The molecule has 0 fully saturated rings. The Morgan fingerprint density at radius 3 is 2.04 bits per heavy atom. The second-order valence-electron chi connectivity index (χ2n) is 6.98. The van der Waals surface area contributed by atoms with E-state index in [0.717, 1.165) is 29.9 Å². The first-order chi connectivity index (χ1) is 13.9. The number of hydrogen-bond donors (Lipinski definition) is 0. The van der Waals surface area contributed by atoms with Gasteiger partial charge in [-0.05, 0) is 5.56 Å². The number of rotatable bonds is 4. The van der Waals surface area contributed by atoms with Crippen LogP contribution in [-0.2, 0) is 13.2 Å². The molecule has 5 rings (SSSR count). The van der Waals surface area contributed by atoms with Gasteiger partial charge in [-0.1, -0.05) is 103 Å². The van der Waals surface area contributed by atoms with Crippen molar-refractivity contribution in [1.29, 1.82) is 0 Å². The molecule has 138 valence electrons. The molecule has 0 N–H and O–H groups in total. The van der Waals surface area contributed by atoms with Crippen LogP contribution < -0.4 is 0 Å². The number of benzene rings is 3. The zero-order chi connectivity index (χ0) is 18.8. The zero-order valence-electron chi connectivity index (χ0n) is 15.5. The summed E-state index contributed by atoms with van der Waals surface area (Å²) in [6.07, 6.45) is 0. The number of nitrogens with zero attached hydrogens (tertiary/aromatic N) is 3. The molecule has 4 aromatic rings. The van der Waals surface area contributed by atoms with Crippen molar-refractivity contribution >= 4 is 11.8 Å². The van der Waals surface area contributed by atoms with Crippen LogP contribution >= 0.6 is 11.8 Å². The highest BCUT2D eigenvalue weighted by Gasteiger charge is 2.25. The van der Waals surface area contributed by atoms with Gasteiger partial charge in [-0.3, -0.25) is 4.90 Å². The third-order valence-electron chi connectivity index (χ3n) is 4.99. The minimum Gasteiger partial charge on any atom is -0.305 e. The molecule has 0 atom stereocenters. The Bertz CT molecular complexity index is 1060. The maximum absolute atomic E-state index is 5.04. The Morgan fingerprint density at radius 2 is 1.36 bits per heavy atom. The summed E-state index contributed by atoms with van der Waals surface area (Å²) in [6.45, 7) is 1.79. The topological polar surface area (TPSA) is 21.1 Å². The molecule has 0 saturated heterocycles. The van der Waals surface area contributed by atoms with Crippen LogP contribution in [0.15, 0.2) is 96.2 Å². The maximum Gasteiger partial charge on any atom is 0.171 e. The van der Waals surface area contributed by atoms with Crippen molar-refractivity contribution in [3.63, 3.8) is 0 Å². The Labute approximate surface area is 169 Å². The molecule has 2 heterocycles. The minimum absolute atomic E-state index is 0.849. The van der Waals surface area contributed by atoms with Crippen molar-refractivity contribution in [1.82, 2.24) is 14.5 Å². The summed E-state index contributed by atoms with van der Waals surface area (Å²) in [5.74, 6) is 0.953. The molecule has 0 spiro atoms. The number of imidazole rings is 1. The first kappa shape index (κ1) is 17.3. The van der Waals surface area contributed by atoms with Gasteiger partial charge in [-0.2, -0.15) is 0 Å². The molecule has 1 aromatic heterocycles. The van der Waals surface area contributed by atoms with E-state index in [1.807, 2.05) is 11.8 Å². The molecule has 1 aliphatic rings. The van der Waals surface area contributed by atoms with Gasteiger partial charge in [0.2, 0.25) is 0 Å². The monoisotopic (exact) mass is 383 g/mol. The van der Waals surface area contributed by atoms with Gasteiger partial charge in [0.25, 0.3) is 0 Å².